The smallest absolute Gasteiger partial charge is 0.0334 e. The van der Waals surface area contributed by atoms with E-state index in [2.05, 4.69) is 51.6 Å². The molecule has 0 unspecified atom stereocenters. The van der Waals surface area contributed by atoms with E-state index in [4.69, 9.17) is 12.8 Å². The summed E-state index contributed by atoms with van der Waals surface area (Å²) < 4.78 is 0. The number of hydrogen-bond donors (Lipinski definition) is 0. The maximum Gasteiger partial charge on any atom is 0.0334 e. The molecule has 20 heavy (non-hydrogen) atoms. The van der Waals surface area contributed by atoms with Gasteiger partial charge in [0.05, 0.1) is 0 Å². The number of terminal acetylenes is 2. The van der Waals surface area contributed by atoms with Crippen molar-refractivity contribution < 1.29 is 0 Å². The van der Waals surface area contributed by atoms with Gasteiger partial charge in [-0.05, 0) is 68.0 Å². The first-order chi connectivity index (χ1) is 9.83. The van der Waals surface area contributed by atoms with Gasteiger partial charge in [-0.15, -0.1) is 12.8 Å². The summed E-state index contributed by atoms with van der Waals surface area (Å²) in [4.78, 5) is 0. The van der Waals surface area contributed by atoms with Crippen molar-refractivity contribution in [1.29, 1.82) is 0 Å². The fourth-order valence-corrected chi connectivity index (χ4v) is 3.46. The zero-order valence-electron chi connectivity index (χ0n) is 10.6. The molecule has 0 atom stereocenters. The van der Waals surface area contributed by atoms with Crippen LogP contribution in [0.2, 0.25) is 0 Å². The third kappa shape index (κ3) is 2.17. The number of rotatable bonds is 2. The Kier molecular flexibility index (Phi) is 3.44. The molecule has 0 saturated heterocycles. The summed E-state index contributed by atoms with van der Waals surface area (Å²) in [7, 11) is 0. The minimum absolute atomic E-state index is 0.843. The van der Waals surface area contributed by atoms with Gasteiger partial charge in [-0.1, -0.05) is 11.8 Å². The average molecular weight is 290 g/mol. The minimum atomic E-state index is 0.843. The molecular formula is C18H10S2. The topological polar surface area (TPSA) is 0 Å². The van der Waals surface area contributed by atoms with E-state index in [0.717, 1.165) is 33.4 Å². The van der Waals surface area contributed by atoms with Gasteiger partial charge in [0.25, 0.3) is 0 Å². The van der Waals surface area contributed by atoms with E-state index < -0.39 is 0 Å². The lowest BCUT2D eigenvalue weighted by molar-refractivity contribution is 1.57. The SMILES string of the molecule is C#Cc1cc(C#C)c(-c2ccsc2)cc1-c1ccsc1. The largest absolute Gasteiger partial charge is 0.152 e. The molecule has 0 aliphatic carbocycles. The van der Waals surface area contributed by atoms with E-state index in [1.54, 1.807) is 22.7 Å². The average Bonchev–Trinajstić information content (AvgIpc) is 3.18. The minimum Gasteiger partial charge on any atom is -0.152 e. The zero-order valence-corrected chi connectivity index (χ0v) is 12.2. The second-order valence-corrected chi connectivity index (χ2v) is 5.82. The molecule has 3 rings (SSSR count). The quantitative estimate of drug-likeness (QED) is 0.576. The highest BCUT2D eigenvalue weighted by Crippen LogP contribution is 2.34. The molecular weight excluding hydrogens is 280 g/mol. The lowest BCUT2D eigenvalue weighted by Gasteiger charge is -2.09. The molecule has 0 nitrogen and oxygen atoms in total. The molecule has 0 fully saturated rings. The van der Waals surface area contributed by atoms with Crippen molar-refractivity contribution in [1.82, 2.24) is 0 Å². The molecule has 2 heteroatoms. The first kappa shape index (κ1) is 12.8. The van der Waals surface area contributed by atoms with E-state index in [0.29, 0.717) is 0 Å². The van der Waals surface area contributed by atoms with Crippen LogP contribution in [0.25, 0.3) is 22.3 Å². The van der Waals surface area contributed by atoms with Gasteiger partial charge in [0.15, 0.2) is 0 Å². The molecule has 2 heterocycles. The standard InChI is InChI=1S/C18H10S2/c1-3-13-9-14(4-2)18(16-6-8-20-12-16)10-17(13)15-5-7-19-11-15/h1-2,5-12H. The van der Waals surface area contributed by atoms with Gasteiger partial charge in [0.1, 0.15) is 0 Å². The Morgan fingerprint density at radius 1 is 0.750 bits per heavy atom. The first-order valence-corrected chi connectivity index (χ1v) is 7.88. The van der Waals surface area contributed by atoms with Crippen LogP contribution in [-0.4, -0.2) is 0 Å². The molecule has 0 spiro atoms. The summed E-state index contributed by atoms with van der Waals surface area (Å²) in [5, 5.41) is 8.30. The van der Waals surface area contributed by atoms with Crippen LogP contribution in [0.3, 0.4) is 0 Å². The van der Waals surface area contributed by atoms with E-state index >= 15 is 0 Å². The molecule has 94 valence electrons. The van der Waals surface area contributed by atoms with Crippen LogP contribution in [0.4, 0.5) is 0 Å². The van der Waals surface area contributed by atoms with Crippen LogP contribution < -0.4 is 0 Å². The maximum absolute atomic E-state index is 5.64. The summed E-state index contributed by atoms with van der Waals surface area (Å²) in [6, 6.07) is 8.19. The second-order valence-electron chi connectivity index (χ2n) is 4.26. The summed E-state index contributed by atoms with van der Waals surface area (Å²) in [6.45, 7) is 0. The predicted molar refractivity (Wildman–Crippen MR) is 88.9 cm³/mol. The lowest BCUT2D eigenvalue weighted by atomic mass is 9.93. The van der Waals surface area contributed by atoms with E-state index in [1.807, 2.05) is 6.07 Å². The third-order valence-corrected chi connectivity index (χ3v) is 4.50. The van der Waals surface area contributed by atoms with Crippen molar-refractivity contribution in [3.63, 3.8) is 0 Å². The van der Waals surface area contributed by atoms with Crippen LogP contribution >= 0.6 is 22.7 Å². The summed E-state index contributed by atoms with van der Waals surface area (Å²) in [6.07, 6.45) is 11.3. The number of benzene rings is 1. The van der Waals surface area contributed by atoms with Crippen LogP contribution in [0.5, 0.6) is 0 Å². The van der Waals surface area contributed by atoms with Gasteiger partial charge >= 0.3 is 0 Å². The van der Waals surface area contributed by atoms with Gasteiger partial charge in [-0.3, -0.25) is 0 Å². The van der Waals surface area contributed by atoms with Crippen molar-refractivity contribution in [3.8, 4) is 46.9 Å². The van der Waals surface area contributed by atoms with E-state index in [9.17, 15) is 0 Å². The Morgan fingerprint density at radius 3 is 1.60 bits per heavy atom. The highest BCUT2D eigenvalue weighted by atomic mass is 32.1. The molecule has 0 N–H and O–H groups in total. The zero-order chi connectivity index (χ0) is 13.9. The maximum atomic E-state index is 5.64. The van der Waals surface area contributed by atoms with Crippen LogP contribution in [0.1, 0.15) is 11.1 Å². The van der Waals surface area contributed by atoms with Crippen molar-refractivity contribution in [2.24, 2.45) is 0 Å². The monoisotopic (exact) mass is 290 g/mol. The molecule has 0 saturated carbocycles. The fraction of sp³-hybridized carbons (Fsp3) is 0. The van der Waals surface area contributed by atoms with E-state index in [-0.39, 0.29) is 0 Å². The lowest BCUT2D eigenvalue weighted by Crippen LogP contribution is -1.90. The number of thiophene rings is 2. The van der Waals surface area contributed by atoms with Crippen molar-refractivity contribution in [2.75, 3.05) is 0 Å². The molecule has 0 bridgehead atoms. The normalized spacial score (nSPS) is 9.90. The molecule has 0 aliphatic rings. The molecule has 0 aliphatic heterocycles. The summed E-state index contributed by atoms with van der Waals surface area (Å²) >= 11 is 3.32. The highest BCUT2D eigenvalue weighted by Gasteiger charge is 2.11. The fourth-order valence-electron chi connectivity index (χ4n) is 2.15. The van der Waals surface area contributed by atoms with Crippen LogP contribution in [-0.2, 0) is 0 Å². The van der Waals surface area contributed by atoms with Crippen molar-refractivity contribution in [2.45, 2.75) is 0 Å². The Hall–Kier alpha value is -2.26. The molecule has 0 amide bonds. The van der Waals surface area contributed by atoms with Crippen LogP contribution in [0, 0.1) is 24.7 Å². The highest BCUT2D eigenvalue weighted by molar-refractivity contribution is 7.08. The van der Waals surface area contributed by atoms with Gasteiger partial charge in [-0.2, -0.15) is 22.7 Å². The molecule has 0 radical (unpaired) electrons. The van der Waals surface area contributed by atoms with Gasteiger partial charge in [0, 0.05) is 11.1 Å². The van der Waals surface area contributed by atoms with Crippen molar-refractivity contribution >= 4 is 22.7 Å². The first-order valence-electron chi connectivity index (χ1n) is 6.00. The van der Waals surface area contributed by atoms with Crippen molar-refractivity contribution in [3.05, 3.63) is 56.9 Å². The van der Waals surface area contributed by atoms with E-state index in [1.165, 1.54) is 0 Å². The Labute approximate surface area is 126 Å². The molecule has 3 aromatic rings. The molecule has 2 aromatic heterocycles. The van der Waals surface area contributed by atoms with Crippen LogP contribution in [0.15, 0.2) is 45.8 Å². The Morgan fingerprint density at radius 2 is 1.25 bits per heavy atom. The van der Waals surface area contributed by atoms with Gasteiger partial charge < -0.3 is 0 Å². The van der Waals surface area contributed by atoms with Gasteiger partial charge in [-0.25, -0.2) is 0 Å². The second kappa shape index (κ2) is 5.39. The third-order valence-electron chi connectivity index (χ3n) is 3.13. The Bertz CT molecular complexity index is 740. The summed E-state index contributed by atoms with van der Waals surface area (Å²) in [5.41, 5.74) is 6.10. The number of hydrogen-bond acceptors (Lipinski definition) is 2. The van der Waals surface area contributed by atoms with Gasteiger partial charge in [0.2, 0.25) is 0 Å². The Balaban J connectivity index is 2.29. The summed E-state index contributed by atoms with van der Waals surface area (Å²) in [5.74, 6) is 5.49. The molecule has 1 aromatic carbocycles. The predicted octanol–water partition coefficient (Wildman–Crippen LogP) is 5.11.